The van der Waals surface area contributed by atoms with Gasteiger partial charge < -0.3 is 14.4 Å². The van der Waals surface area contributed by atoms with Gasteiger partial charge in [0.05, 0.1) is 0 Å². The molecule has 0 saturated carbocycles. The minimum atomic E-state index is -0.192. The molecule has 9 aromatic rings. The fourth-order valence-electron chi connectivity index (χ4n) is 9.81. The van der Waals surface area contributed by atoms with Gasteiger partial charge in [-0.1, -0.05) is 191 Å². The van der Waals surface area contributed by atoms with Crippen molar-refractivity contribution in [2.24, 2.45) is 0 Å². The van der Waals surface area contributed by atoms with Crippen LogP contribution in [0.5, 0.6) is 23.0 Å². The minimum absolute atomic E-state index is 0.192. The second-order valence-corrected chi connectivity index (χ2v) is 17.7. The molecule has 0 saturated heterocycles. The normalized spacial score (nSPS) is 13.9. The number of ether oxygens (including phenoxy) is 2. The molecule has 0 aliphatic carbocycles. The van der Waals surface area contributed by atoms with Crippen LogP contribution in [-0.4, -0.2) is 0 Å². The van der Waals surface area contributed by atoms with Crippen molar-refractivity contribution in [1.29, 1.82) is 0 Å². The van der Waals surface area contributed by atoms with Crippen LogP contribution in [0.3, 0.4) is 0 Å². The molecule has 2 heterocycles. The molecule has 9 aromatic carbocycles. The first kappa shape index (κ1) is 38.3. The summed E-state index contributed by atoms with van der Waals surface area (Å²) in [4.78, 5) is 2.34. The molecule has 3 nitrogen and oxygen atoms in total. The molecule has 0 atom stereocenters. The predicted octanol–water partition coefficient (Wildman–Crippen LogP) is 16.7. The minimum Gasteiger partial charge on any atom is -0.456 e. The maximum absolute atomic E-state index is 6.69. The van der Waals surface area contributed by atoms with Gasteiger partial charge in [0.25, 0.3) is 0 Å². The van der Waals surface area contributed by atoms with Crippen LogP contribution in [0, 0.1) is 0 Å². The Hall–Kier alpha value is -7.62. The van der Waals surface area contributed by atoms with Gasteiger partial charge in [-0.25, -0.2) is 0 Å². The van der Waals surface area contributed by atoms with Gasteiger partial charge in [-0.2, -0.15) is 0 Å². The van der Waals surface area contributed by atoms with Crippen molar-refractivity contribution in [3.05, 3.63) is 235 Å². The summed E-state index contributed by atoms with van der Waals surface area (Å²) in [5.74, 6) is 3.68. The summed E-state index contributed by atoms with van der Waals surface area (Å²) in [5, 5.41) is 0. The molecule has 2 aliphatic heterocycles. The van der Waals surface area contributed by atoms with E-state index in [4.69, 9.17) is 9.47 Å². The van der Waals surface area contributed by atoms with E-state index in [1.54, 1.807) is 0 Å². The highest BCUT2D eigenvalue weighted by molar-refractivity contribution is 5.87. The standard InChI is InChI=1S/C60H47NO2/c1-59(2)51-22-10-12-26-55(51)62-57-49(20-14-24-53(57)59)42-30-36-45(37-31-42)61(44-34-28-41(29-35-44)48-19-9-8-18-47(48)40-16-6-5-7-17-40)46-38-32-43(33-39-46)50-21-15-25-54-58(50)63-56-27-13-11-23-52(56)60(54,3)4/h5-39H,1-4H3. The number of hydrogen-bond donors (Lipinski definition) is 0. The van der Waals surface area contributed by atoms with Gasteiger partial charge >= 0.3 is 0 Å². The van der Waals surface area contributed by atoms with E-state index in [0.717, 1.165) is 62.3 Å². The van der Waals surface area contributed by atoms with Crippen LogP contribution in [0.4, 0.5) is 17.1 Å². The van der Waals surface area contributed by atoms with Gasteiger partial charge in [-0.3, -0.25) is 0 Å². The molecular formula is C60H47NO2. The number of anilines is 3. The molecule has 0 bridgehead atoms. The number of hydrogen-bond acceptors (Lipinski definition) is 3. The summed E-state index contributed by atoms with van der Waals surface area (Å²) in [6.07, 6.45) is 0. The van der Waals surface area contributed by atoms with Crippen molar-refractivity contribution in [3.63, 3.8) is 0 Å². The lowest BCUT2D eigenvalue weighted by molar-refractivity contribution is 0.419. The second kappa shape index (κ2) is 15.1. The van der Waals surface area contributed by atoms with Crippen molar-refractivity contribution in [1.82, 2.24) is 0 Å². The Morgan fingerprint density at radius 3 is 1.03 bits per heavy atom. The van der Waals surface area contributed by atoms with E-state index >= 15 is 0 Å². The zero-order chi connectivity index (χ0) is 42.7. The summed E-state index contributed by atoms with van der Waals surface area (Å²) < 4.78 is 13.4. The number of fused-ring (bicyclic) bond motifs is 4. The quantitative estimate of drug-likeness (QED) is 0.160. The molecular weight excluding hydrogens is 767 g/mol. The zero-order valence-corrected chi connectivity index (χ0v) is 36.0. The van der Waals surface area contributed by atoms with E-state index < -0.39 is 0 Å². The first-order chi connectivity index (χ1) is 30.8. The molecule has 0 fully saturated rings. The van der Waals surface area contributed by atoms with Crippen LogP contribution in [0.25, 0.3) is 44.5 Å². The number of para-hydroxylation sites is 4. The molecule has 0 radical (unpaired) electrons. The Balaban J connectivity index is 0.984. The molecule has 0 unspecified atom stereocenters. The van der Waals surface area contributed by atoms with Crippen molar-refractivity contribution in [3.8, 4) is 67.5 Å². The Labute approximate surface area is 370 Å². The van der Waals surface area contributed by atoms with Crippen LogP contribution in [0.15, 0.2) is 212 Å². The van der Waals surface area contributed by atoms with Gasteiger partial charge in [0.15, 0.2) is 0 Å². The van der Waals surface area contributed by atoms with E-state index in [-0.39, 0.29) is 10.8 Å². The van der Waals surface area contributed by atoms with Gasteiger partial charge in [-0.05, 0) is 81.9 Å². The predicted molar refractivity (Wildman–Crippen MR) is 260 cm³/mol. The number of benzene rings is 9. The van der Waals surface area contributed by atoms with Crippen LogP contribution in [0.2, 0.25) is 0 Å². The molecule has 2 aliphatic rings. The maximum atomic E-state index is 6.69. The van der Waals surface area contributed by atoms with Crippen molar-refractivity contribution < 1.29 is 9.47 Å². The van der Waals surface area contributed by atoms with Crippen molar-refractivity contribution in [2.75, 3.05) is 4.90 Å². The third kappa shape index (κ3) is 6.51. The summed E-state index contributed by atoms with van der Waals surface area (Å²) in [5.41, 5.74) is 16.7. The lowest BCUT2D eigenvalue weighted by atomic mass is 9.75. The summed E-state index contributed by atoms with van der Waals surface area (Å²) in [7, 11) is 0. The molecule has 11 rings (SSSR count). The zero-order valence-electron chi connectivity index (χ0n) is 36.0. The first-order valence-corrected chi connectivity index (χ1v) is 21.8. The summed E-state index contributed by atoms with van der Waals surface area (Å²) in [6, 6.07) is 75.9. The average molecular weight is 814 g/mol. The highest BCUT2D eigenvalue weighted by Crippen LogP contribution is 2.53. The summed E-state index contributed by atoms with van der Waals surface area (Å²) >= 11 is 0. The largest absolute Gasteiger partial charge is 0.456 e. The molecule has 0 amide bonds. The molecule has 0 N–H and O–H groups in total. The molecule has 0 aromatic heterocycles. The molecule has 304 valence electrons. The molecule has 3 heteroatoms. The fraction of sp³-hybridized carbons (Fsp3) is 0.100. The Morgan fingerprint density at radius 1 is 0.286 bits per heavy atom. The number of nitrogens with zero attached hydrogens (tertiary/aromatic N) is 1. The topological polar surface area (TPSA) is 21.7 Å². The highest BCUT2D eigenvalue weighted by atomic mass is 16.5. The van der Waals surface area contributed by atoms with Crippen LogP contribution in [0.1, 0.15) is 49.9 Å². The molecule has 63 heavy (non-hydrogen) atoms. The Kier molecular flexibility index (Phi) is 9.17. The van der Waals surface area contributed by atoms with Gasteiger partial charge in [-0.15, -0.1) is 0 Å². The third-order valence-electron chi connectivity index (χ3n) is 13.2. The van der Waals surface area contributed by atoms with Crippen molar-refractivity contribution >= 4 is 17.1 Å². The monoisotopic (exact) mass is 813 g/mol. The molecule has 0 spiro atoms. The summed E-state index contributed by atoms with van der Waals surface area (Å²) in [6.45, 7) is 9.14. The van der Waals surface area contributed by atoms with E-state index in [1.165, 1.54) is 44.5 Å². The Morgan fingerprint density at radius 2 is 0.603 bits per heavy atom. The number of rotatable bonds is 7. The van der Waals surface area contributed by atoms with E-state index in [1.807, 2.05) is 12.1 Å². The fourth-order valence-corrected chi connectivity index (χ4v) is 9.81. The van der Waals surface area contributed by atoms with Crippen LogP contribution in [-0.2, 0) is 10.8 Å². The van der Waals surface area contributed by atoms with E-state index in [0.29, 0.717) is 0 Å². The average Bonchev–Trinajstić information content (AvgIpc) is 3.33. The lowest BCUT2D eigenvalue weighted by Gasteiger charge is -2.35. The van der Waals surface area contributed by atoms with Gasteiger partial charge in [0, 0.05) is 61.3 Å². The smallest absolute Gasteiger partial charge is 0.139 e. The van der Waals surface area contributed by atoms with Crippen LogP contribution >= 0.6 is 0 Å². The van der Waals surface area contributed by atoms with E-state index in [9.17, 15) is 0 Å². The van der Waals surface area contributed by atoms with E-state index in [2.05, 4.69) is 233 Å². The lowest BCUT2D eigenvalue weighted by Crippen LogP contribution is -2.24. The second-order valence-electron chi connectivity index (χ2n) is 17.7. The van der Waals surface area contributed by atoms with Crippen LogP contribution < -0.4 is 14.4 Å². The third-order valence-corrected chi connectivity index (χ3v) is 13.2. The van der Waals surface area contributed by atoms with Gasteiger partial charge in [0.2, 0.25) is 0 Å². The first-order valence-electron chi connectivity index (χ1n) is 21.8. The SMILES string of the molecule is CC1(C)c2ccccc2Oc2c(-c3ccc(N(c4ccc(-c5ccccc5-c5ccccc5)cc4)c4ccc(-c5cccc6c5Oc5ccccc5C6(C)C)cc4)cc3)cccc21. The highest BCUT2D eigenvalue weighted by Gasteiger charge is 2.36. The Bertz CT molecular complexity index is 2990. The maximum Gasteiger partial charge on any atom is 0.139 e. The van der Waals surface area contributed by atoms with Crippen molar-refractivity contribution in [2.45, 2.75) is 38.5 Å². The van der Waals surface area contributed by atoms with Gasteiger partial charge in [0.1, 0.15) is 23.0 Å².